The molecular weight excluding hydrogens is 162 g/mol. The van der Waals surface area contributed by atoms with Gasteiger partial charge in [-0.1, -0.05) is 0 Å². The van der Waals surface area contributed by atoms with Gasteiger partial charge in [-0.25, -0.2) is 4.99 Å². The molecule has 0 aliphatic rings. The number of hydrogen-bond donors (Lipinski definition) is 4. The molecule has 2 unspecified atom stereocenters. The average Bonchev–Trinajstić information content (AvgIpc) is 2.00. The number of rotatable bonds is 5. The molecule has 0 saturated heterocycles. The Hall–Kier alpha value is -1.14. The monoisotopic (exact) mass is 175 g/mol. The van der Waals surface area contributed by atoms with E-state index in [-0.39, 0.29) is 12.8 Å². The van der Waals surface area contributed by atoms with E-state index in [1.54, 1.807) is 0 Å². The molecule has 0 aromatic heterocycles. The van der Waals surface area contributed by atoms with Crippen LogP contribution in [-0.4, -0.2) is 34.8 Å². The fourth-order valence-electron chi connectivity index (χ4n) is 0.626. The van der Waals surface area contributed by atoms with E-state index in [9.17, 15) is 4.79 Å². The Morgan fingerprint density at radius 2 is 2.17 bits per heavy atom. The Bertz CT molecular complexity index is 171. The number of carboxylic acid groups (broad SMARTS) is 1. The molecule has 6 N–H and O–H groups in total. The maximum absolute atomic E-state index is 10.2. The molecule has 0 heterocycles. The van der Waals surface area contributed by atoms with Crippen molar-refractivity contribution in [1.29, 1.82) is 0 Å². The van der Waals surface area contributed by atoms with Crippen molar-refractivity contribution in [1.82, 2.24) is 0 Å². The van der Waals surface area contributed by atoms with Crippen LogP contribution in [0.2, 0.25) is 0 Å². The number of nitrogens with zero attached hydrogens (tertiary/aromatic N) is 1. The third kappa shape index (κ3) is 4.64. The molecule has 0 bridgehead atoms. The molecular formula is C6H13N3O3. The second-order valence-electron chi connectivity index (χ2n) is 2.30. The van der Waals surface area contributed by atoms with Gasteiger partial charge >= 0.3 is 5.97 Å². The van der Waals surface area contributed by atoms with E-state index in [2.05, 4.69) is 4.99 Å². The summed E-state index contributed by atoms with van der Waals surface area (Å²) in [6, 6.07) is -0.951. The number of aliphatic imine (C=N–C) groups is 1. The molecule has 6 nitrogen and oxygen atoms in total. The molecule has 0 aromatic carbocycles. The summed E-state index contributed by atoms with van der Waals surface area (Å²) in [6.45, 7) is 0. The van der Waals surface area contributed by atoms with Crippen LogP contribution in [0, 0.1) is 0 Å². The van der Waals surface area contributed by atoms with E-state index < -0.39 is 18.2 Å². The highest BCUT2D eigenvalue weighted by Gasteiger charge is 2.12. The summed E-state index contributed by atoms with van der Waals surface area (Å²) < 4.78 is 0. The normalized spacial score (nSPS) is 16.2. The summed E-state index contributed by atoms with van der Waals surface area (Å²) in [6.07, 6.45) is 0.381. The van der Waals surface area contributed by atoms with Crippen LogP contribution in [0.1, 0.15) is 12.8 Å². The Balaban J connectivity index is 3.60. The summed E-state index contributed by atoms with van der Waals surface area (Å²) in [5.74, 6) is -1.08. The fraction of sp³-hybridized carbons (Fsp3) is 0.667. The van der Waals surface area contributed by atoms with Crippen LogP contribution < -0.4 is 11.5 Å². The molecule has 0 fully saturated rings. The quantitative estimate of drug-likeness (QED) is 0.298. The maximum Gasteiger partial charge on any atom is 0.320 e. The molecule has 70 valence electrons. The second kappa shape index (κ2) is 5.50. The van der Waals surface area contributed by atoms with E-state index >= 15 is 0 Å². The second-order valence-corrected chi connectivity index (χ2v) is 2.30. The van der Waals surface area contributed by atoms with Crippen molar-refractivity contribution in [3.05, 3.63) is 0 Å². The van der Waals surface area contributed by atoms with Gasteiger partial charge in [0.2, 0.25) is 0 Å². The zero-order chi connectivity index (χ0) is 9.56. The lowest BCUT2D eigenvalue weighted by molar-refractivity contribution is -0.138. The highest BCUT2D eigenvalue weighted by molar-refractivity contribution is 5.72. The van der Waals surface area contributed by atoms with Gasteiger partial charge in [-0.15, -0.1) is 0 Å². The fourth-order valence-corrected chi connectivity index (χ4v) is 0.626. The van der Waals surface area contributed by atoms with Crippen molar-refractivity contribution in [2.75, 3.05) is 0 Å². The van der Waals surface area contributed by atoms with E-state index in [0.29, 0.717) is 0 Å². The maximum atomic E-state index is 10.2. The van der Waals surface area contributed by atoms with Crippen molar-refractivity contribution < 1.29 is 15.0 Å². The molecule has 12 heavy (non-hydrogen) atoms. The number of carboxylic acids is 1. The Labute approximate surface area is 69.9 Å². The van der Waals surface area contributed by atoms with Crippen molar-refractivity contribution >= 4 is 12.3 Å². The lowest BCUT2D eigenvalue weighted by atomic mass is 10.1. The van der Waals surface area contributed by atoms with Gasteiger partial charge in [-0.2, -0.15) is 0 Å². The van der Waals surface area contributed by atoms with Gasteiger partial charge in [0.05, 0.1) is 6.34 Å². The number of aliphatic hydroxyl groups is 1. The first-order valence-electron chi connectivity index (χ1n) is 3.47. The van der Waals surface area contributed by atoms with Gasteiger partial charge < -0.3 is 21.7 Å². The van der Waals surface area contributed by atoms with Crippen molar-refractivity contribution in [2.24, 2.45) is 16.5 Å². The van der Waals surface area contributed by atoms with Gasteiger partial charge in [0.15, 0.2) is 0 Å². The third-order valence-electron chi connectivity index (χ3n) is 1.31. The Kier molecular flexibility index (Phi) is 4.98. The molecule has 2 atom stereocenters. The molecule has 0 aliphatic heterocycles. The van der Waals surface area contributed by atoms with Crippen LogP contribution in [-0.2, 0) is 4.79 Å². The summed E-state index contributed by atoms with van der Waals surface area (Å²) in [7, 11) is 0. The first-order chi connectivity index (χ1) is 5.57. The van der Waals surface area contributed by atoms with Crippen LogP contribution in [0.4, 0.5) is 0 Å². The molecule has 0 amide bonds. The smallest absolute Gasteiger partial charge is 0.320 e. The third-order valence-corrected chi connectivity index (χ3v) is 1.31. The molecule has 0 saturated carbocycles. The topological polar surface area (TPSA) is 122 Å². The van der Waals surface area contributed by atoms with Crippen molar-refractivity contribution in [3.8, 4) is 0 Å². The predicted molar refractivity (Wildman–Crippen MR) is 43.5 cm³/mol. The molecule has 0 radical (unpaired) electrons. The van der Waals surface area contributed by atoms with Crippen LogP contribution in [0.3, 0.4) is 0 Å². The van der Waals surface area contributed by atoms with Crippen LogP contribution in [0.25, 0.3) is 0 Å². The van der Waals surface area contributed by atoms with Crippen LogP contribution in [0.15, 0.2) is 4.99 Å². The number of aliphatic hydroxyl groups excluding tert-OH is 1. The SMILES string of the molecule is NC=NC(O)CCC(N)C(=O)O. The van der Waals surface area contributed by atoms with Crippen LogP contribution in [0.5, 0.6) is 0 Å². The Morgan fingerprint density at radius 3 is 2.58 bits per heavy atom. The lowest BCUT2D eigenvalue weighted by Gasteiger charge is -2.07. The van der Waals surface area contributed by atoms with E-state index in [1.165, 1.54) is 0 Å². The molecule has 0 aliphatic carbocycles. The average molecular weight is 175 g/mol. The van der Waals surface area contributed by atoms with Gasteiger partial charge in [0.1, 0.15) is 12.3 Å². The molecule has 6 heteroatoms. The van der Waals surface area contributed by atoms with Crippen molar-refractivity contribution in [3.63, 3.8) is 0 Å². The van der Waals surface area contributed by atoms with E-state index in [1.807, 2.05) is 0 Å². The summed E-state index contributed by atoms with van der Waals surface area (Å²) in [5, 5.41) is 17.3. The lowest BCUT2D eigenvalue weighted by Crippen LogP contribution is -2.30. The number of aliphatic carboxylic acids is 1. The summed E-state index contributed by atoms with van der Waals surface area (Å²) in [5.41, 5.74) is 10.1. The zero-order valence-corrected chi connectivity index (χ0v) is 6.55. The molecule has 0 rings (SSSR count). The van der Waals surface area contributed by atoms with E-state index in [0.717, 1.165) is 6.34 Å². The zero-order valence-electron chi connectivity index (χ0n) is 6.55. The molecule has 0 aromatic rings. The largest absolute Gasteiger partial charge is 0.480 e. The standard InChI is InChI=1S/C6H13N3O3/c7-3-9-5(10)2-1-4(8)6(11)12/h3-5,10H,1-2,8H2,(H2,7,9)(H,11,12). The highest BCUT2D eigenvalue weighted by Crippen LogP contribution is 2.00. The van der Waals surface area contributed by atoms with Gasteiger partial charge in [0.25, 0.3) is 0 Å². The summed E-state index contributed by atoms with van der Waals surface area (Å²) in [4.78, 5) is 13.6. The number of nitrogens with two attached hydrogens (primary N) is 2. The van der Waals surface area contributed by atoms with Gasteiger partial charge in [-0.3, -0.25) is 4.79 Å². The highest BCUT2D eigenvalue weighted by atomic mass is 16.4. The Morgan fingerprint density at radius 1 is 1.58 bits per heavy atom. The van der Waals surface area contributed by atoms with E-state index in [4.69, 9.17) is 21.7 Å². The summed E-state index contributed by atoms with van der Waals surface area (Å²) >= 11 is 0. The van der Waals surface area contributed by atoms with Gasteiger partial charge in [0, 0.05) is 0 Å². The predicted octanol–water partition coefficient (Wildman–Crippen LogP) is -1.52. The van der Waals surface area contributed by atoms with Crippen molar-refractivity contribution in [2.45, 2.75) is 25.1 Å². The van der Waals surface area contributed by atoms with Crippen LogP contribution >= 0.6 is 0 Å². The minimum Gasteiger partial charge on any atom is -0.480 e. The molecule has 0 spiro atoms. The first-order valence-corrected chi connectivity index (χ1v) is 3.47. The van der Waals surface area contributed by atoms with Gasteiger partial charge in [-0.05, 0) is 12.8 Å². The number of hydrogen-bond acceptors (Lipinski definition) is 4. The number of carbonyl (C=O) groups is 1. The minimum atomic E-state index is -1.08. The minimum absolute atomic E-state index is 0.174. The first kappa shape index (κ1) is 10.9.